The van der Waals surface area contributed by atoms with Crippen molar-refractivity contribution in [2.24, 2.45) is 0 Å². The second-order valence-electron chi connectivity index (χ2n) is 3.28. The molecule has 0 spiro atoms. The number of rotatable bonds is 4. The molecule has 1 amide bonds. The summed E-state index contributed by atoms with van der Waals surface area (Å²) >= 11 is 3.18. The quantitative estimate of drug-likeness (QED) is 0.809. The number of aromatic nitrogens is 1. The van der Waals surface area contributed by atoms with Gasteiger partial charge in [-0.05, 0) is 27.6 Å². The van der Waals surface area contributed by atoms with Gasteiger partial charge in [0.05, 0.1) is 0 Å². The van der Waals surface area contributed by atoms with Gasteiger partial charge in [0.25, 0.3) is 0 Å². The van der Waals surface area contributed by atoms with E-state index in [0.29, 0.717) is 4.60 Å². The van der Waals surface area contributed by atoms with Gasteiger partial charge in [0, 0.05) is 19.5 Å². The van der Waals surface area contributed by atoms with Crippen LogP contribution in [0.1, 0.15) is 12.5 Å². The molecule has 0 bridgehead atoms. The van der Waals surface area contributed by atoms with Crippen molar-refractivity contribution in [3.05, 3.63) is 28.5 Å². The highest BCUT2D eigenvalue weighted by Gasteiger charge is 2.18. The predicted octanol–water partition coefficient (Wildman–Crippen LogP) is 0.976. The zero-order valence-corrected chi connectivity index (χ0v) is 10.2. The van der Waals surface area contributed by atoms with Crippen LogP contribution < -0.4 is 5.32 Å². The minimum atomic E-state index is -1.06. The average Bonchev–Trinajstić information content (AvgIpc) is 2.19. The number of carboxylic acids is 1. The standard InChI is InChI=1S/C10H11BrN2O3/c1-6(14)13-8(10(15)16)4-7-2-3-9(11)12-5-7/h2-3,5,8H,4H2,1H3,(H,13,14)(H,15,16). The minimum absolute atomic E-state index is 0.217. The third kappa shape index (κ3) is 3.98. The normalized spacial score (nSPS) is 11.9. The molecule has 5 nitrogen and oxygen atoms in total. The Kier molecular flexibility index (Phi) is 4.42. The van der Waals surface area contributed by atoms with E-state index in [1.807, 2.05) is 0 Å². The van der Waals surface area contributed by atoms with Gasteiger partial charge in [-0.15, -0.1) is 0 Å². The molecule has 1 heterocycles. The van der Waals surface area contributed by atoms with Gasteiger partial charge in [-0.3, -0.25) is 4.79 Å². The van der Waals surface area contributed by atoms with Crippen LogP contribution in [0.2, 0.25) is 0 Å². The second kappa shape index (κ2) is 5.60. The van der Waals surface area contributed by atoms with Gasteiger partial charge < -0.3 is 10.4 Å². The van der Waals surface area contributed by atoms with E-state index < -0.39 is 12.0 Å². The van der Waals surface area contributed by atoms with Crippen LogP contribution in [-0.2, 0) is 16.0 Å². The Morgan fingerprint density at radius 2 is 2.25 bits per heavy atom. The molecule has 0 aromatic carbocycles. The molecular weight excluding hydrogens is 276 g/mol. The van der Waals surface area contributed by atoms with Crippen molar-refractivity contribution < 1.29 is 14.7 Å². The van der Waals surface area contributed by atoms with Crippen LogP contribution in [0, 0.1) is 0 Å². The van der Waals surface area contributed by atoms with Crippen LogP contribution in [0.25, 0.3) is 0 Å². The highest BCUT2D eigenvalue weighted by molar-refractivity contribution is 9.10. The maximum absolute atomic E-state index is 10.9. The third-order valence-electron chi connectivity index (χ3n) is 1.90. The Hall–Kier alpha value is -1.43. The predicted molar refractivity (Wildman–Crippen MR) is 60.9 cm³/mol. The van der Waals surface area contributed by atoms with Crippen molar-refractivity contribution in [2.75, 3.05) is 0 Å². The minimum Gasteiger partial charge on any atom is -0.480 e. The first-order valence-electron chi connectivity index (χ1n) is 4.59. The van der Waals surface area contributed by atoms with Crippen molar-refractivity contribution in [3.63, 3.8) is 0 Å². The van der Waals surface area contributed by atoms with Crippen LogP contribution in [0.15, 0.2) is 22.9 Å². The highest BCUT2D eigenvalue weighted by Crippen LogP contribution is 2.08. The summed E-state index contributed by atoms with van der Waals surface area (Å²) in [6.07, 6.45) is 1.79. The molecule has 0 aliphatic carbocycles. The molecule has 6 heteroatoms. The molecule has 0 fully saturated rings. The number of carbonyl (C=O) groups is 2. The van der Waals surface area contributed by atoms with Crippen LogP contribution in [-0.4, -0.2) is 28.0 Å². The molecule has 1 aromatic rings. The van der Waals surface area contributed by atoms with E-state index in [9.17, 15) is 9.59 Å². The fourth-order valence-electron chi connectivity index (χ4n) is 1.21. The maximum atomic E-state index is 10.9. The Balaban J connectivity index is 2.71. The molecule has 0 aliphatic rings. The molecule has 86 valence electrons. The summed E-state index contributed by atoms with van der Waals surface area (Å²) in [7, 11) is 0. The van der Waals surface area contributed by atoms with E-state index in [4.69, 9.17) is 5.11 Å². The zero-order chi connectivity index (χ0) is 12.1. The number of carbonyl (C=O) groups excluding carboxylic acids is 1. The number of nitrogens with one attached hydrogen (secondary N) is 1. The lowest BCUT2D eigenvalue weighted by atomic mass is 10.1. The van der Waals surface area contributed by atoms with Crippen molar-refractivity contribution in [2.45, 2.75) is 19.4 Å². The maximum Gasteiger partial charge on any atom is 0.326 e. The number of hydrogen-bond donors (Lipinski definition) is 2. The summed E-state index contributed by atoms with van der Waals surface area (Å²) in [6, 6.07) is 2.57. The number of halogens is 1. The Labute approximate surface area is 101 Å². The number of hydrogen-bond acceptors (Lipinski definition) is 3. The Morgan fingerprint density at radius 1 is 1.56 bits per heavy atom. The summed E-state index contributed by atoms with van der Waals surface area (Å²) < 4.78 is 0.683. The summed E-state index contributed by atoms with van der Waals surface area (Å²) in [5.41, 5.74) is 0.754. The van der Waals surface area contributed by atoms with Gasteiger partial charge in [-0.1, -0.05) is 6.07 Å². The molecule has 0 saturated heterocycles. The topological polar surface area (TPSA) is 79.3 Å². The molecule has 1 rings (SSSR count). The van der Waals surface area contributed by atoms with E-state index in [1.165, 1.54) is 6.92 Å². The molecule has 1 atom stereocenters. The summed E-state index contributed by atoms with van der Waals surface area (Å²) in [5.74, 6) is -1.42. The number of amides is 1. The molecule has 0 radical (unpaired) electrons. The molecule has 0 saturated carbocycles. The molecule has 1 aromatic heterocycles. The van der Waals surface area contributed by atoms with Gasteiger partial charge >= 0.3 is 5.97 Å². The van der Waals surface area contributed by atoms with E-state index >= 15 is 0 Å². The largest absolute Gasteiger partial charge is 0.480 e. The van der Waals surface area contributed by atoms with Crippen molar-refractivity contribution in [3.8, 4) is 0 Å². The lowest BCUT2D eigenvalue weighted by molar-refractivity contribution is -0.141. The number of nitrogens with zero attached hydrogens (tertiary/aromatic N) is 1. The van der Waals surface area contributed by atoms with E-state index in [1.54, 1.807) is 18.3 Å². The van der Waals surface area contributed by atoms with Crippen molar-refractivity contribution in [1.29, 1.82) is 0 Å². The Morgan fingerprint density at radius 3 is 2.69 bits per heavy atom. The monoisotopic (exact) mass is 286 g/mol. The fourth-order valence-corrected chi connectivity index (χ4v) is 1.44. The van der Waals surface area contributed by atoms with Crippen molar-refractivity contribution >= 4 is 27.8 Å². The molecule has 2 N–H and O–H groups in total. The average molecular weight is 287 g/mol. The van der Waals surface area contributed by atoms with Crippen LogP contribution >= 0.6 is 15.9 Å². The lowest BCUT2D eigenvalue weighted by Gasteiger charge is -2.12. The SMILES string of the molecule is CC(=O)NC(Cc1ccc(Br)nc1)C(=O)O. The molecular formula is C10H11BrN2O3. The first-order chi connectivity index (χ1) is 7.49. The van der Waals surface area contributed by atoms with Crippen LogP contribution in [0.4, 0.5) is 0 Å². The summed E-state index contributed by atoms with van der Waals surface area (Å²) in [6.45, 7) is 1.29. The molecule has 0 aliphatic heterocycles. The molecule has 16 heavy (non-hydrogen) atoms. The highest BCUT2D eigenvalue weighted by atomic mass is 79.9. The summed E-state index contributed by atoms with van der Waals surface area (Å²) in [4.78, 5) is 25.6. The van der Waals surface area contributed by atoms with E-state index in [0.717, 1.165) is 5.56 Å². The number of aliphatic carboxylic acids is 1. The van der Waals surface area contributed by atoms with Gasteiger partial charge in [0.15, 0.2) is 0 Å². The van der Waals surface area contributed by atoms with Gasteiger partial charge in [-0.2, -0.15) is 0 Å². The second-order valence-corrected chi connectivity index (χ2v) is 4.10. The van der Waals surface area contributed by atoms with Gasteiger partial charge in [-0.25, -0.2) is 9.78 Å². The number of pyridine rings is 1. The fraction of sp³-hybridized carbons (Fsp3) is 0.300. The lowest BCUT2D eigenvalue weighted by Crippen LogP contribution is -2.41. The van der Waals surface area contributed by atoms with Crippen molar-refractivity contribution in [1.82, 2.24) is 10.3 Å². The number of carboxylic acid groups (broad SMARTS) is 1. The third-order valence-corrected chi connectivity index (χ3v) is 2.37. The van der Waals surface area contributed by atoms with Crippen LogP contribution in [0.5, 0.6) is 0 Å². The van der Waals surface area contributed by atoms with Gasteiger partial charge in [0.2, 0.25) is 5.91 Å². The molecule has 1 unspecified atom stereocenters. The van der Waals surface area contributed by atoms with Gasteiger partial charge in [0.1, 0.15) is 10.6 Å². The first-order valence-corrected chi connectivity index (χ1v) is 5.38. The zero-order valence-electron chi connectivity index (χ0n) is 8.61. The van der Waals surface area contributed by atoms with E-state index in [2.05, 4.69) is 26.2 Å². The first kappa shape index (κ1) is 12.6. The van der Waals surface area contributed by atoms with Crippen LogP contribution in [0.3, 0.4) is 0 Å². The Bertz CT molecular complexity index is 392. The smallest absolute Gasteiger partial charge is 0.326 e. The van der Waals surface area contributed by atoms with E-state index in [-0.39, 0.29) is 12.3 Å². The summed E-state index contributed by atoms with van der Waals surface area (Å²) in [5, 5.41) is 11.3.